The van der Waals surface area contributed by atoms with Crippen molar-refractivity contribution in [2.24, 2.45) is 40.9 Å². The summed E-state index contributed by atoms with van der Waals surface area (Å²) in [4.78, 5) is 19.6. The van der Waals surface area contributed by atoms with Gasteiger partial charge in [0.05, 0.1) is 31.0 Å². The number of hydrogen-bond acceptors (Lipinski definition) is 22. The summed E-state index contributed by atoms with van der Waals surface area (Å²) in [6.07, 6.45) is 0. The van der Waals surface area contributed by atoms with Crippen molar-refractivity contribution in [3.8, 4) is 23.0 Å². The fraction of sp³-hybridized carbons (Fsp3) is 0. The zero-order valence-corrected chi connectivity index (χ0v) is 30.0. The number of azo groups is 4. The summed E-state index contributed by atoms with van der Waals surface area (Å²) >= 11 is 0. The van der Waals surface area contributed by atoms with Gasteiger partial charge in [-0.2, -0.15) is 27.1 Å². The van der Waals surface area contributed by atoms with Gasteiger partial charge < -0.3 is 31.9 Å². The Balaban J connectivity index is 1.83. The van der Waals surface area contributed by atoms with Crippen LogP contribution >= 0.6 is 0 Å². The molecule has 0 heterocycles. The number of nitro benzene ring substituents is 2. The second-order valence-corrected chi connectivity index (χ2v) is 14.0. The molecule has 0 aliphatic carbocycles. The number of aromatic hydroxyl groups is 4. The van der Waals surface area contributed by atoms with E-state index in [1.54, 1.807) is 0 Å². The lowest BCUT2D eigenvalue weighted by atomic mass is 10.1. The van der Waals surface area contributed by atoms with E-state index < -0.39 is 108 Å². The molecule has 26 nitrogen and oxygen atoms in total. The summed E-state index contributed by atoms with van der Waals surface area (Å²) < 4.78 is 66.1. The summed E-state index contributed by atoms with van der Waals surface area (Å²) in [7, 11) is -9.73. The number of anilines is 2. The van der Waals surface area contributed by atoms with Gasteiger partial charge in [0.15, 0.2) is 28.6 Å². The van der Waals surface area contributed by atoms with Crippen LogP contribution < -0.4 is 11.5 Å². The maximum Gasteiger partial charge on any atom is 0.294 e. The molecule has 10 N–H and O–H groups in total. The average Bonchev–Trinajstić information content (AvgIpc) is 3.13. The third-order valence-electron chi connectivity index (χ3n) is 7.30. The second kappa shape index (κ2) is 16.0. The van der Waals surface area contributed by atoms with Gasteiger partial charge in [-0.1, -0.05) is 0 Å². The van der Waals surface area contributed by atoms with Crippen LogP contribution in [0.3, 0.4) is 0 Å². The number of hydrogen-bond donors (Lipinski definition) is 8. The number of nitrogen functional groups attached to an aromatic ring is 2. The minimum Gasteiger partial charge on any atom is -0.506 e. The number of benzene rings is 5. The molecule has 5 aromatic carbocycles. The monoisotopic (exact) mass is 838 g/mol. The normalized spacial score (nSPS) is 12.3. The Kier molecular flexibility index (Phi) is 11.3. The van der Waals surface area contributed by atoms with Crippen molar-refractivity contribution in [3.05, 3.63) is 93.0 Å². The number of nitro groups is 2. The fourth-order valence-electron chi connectivity index (χ4n) is 4.49. The molecule has 58 heavy (non-hydrogen) atoms. The molecule has 0 amide bonds. The molecule has 0 saturated carbocycles. The van der Waals surface area contributed by atoms with Crippen molar-refractivity contribution < 1.29 is 56.2 Å². The van der Waals surface area contributed by atoms with Crippen LogP contribution in [0.25, 0.3) is 0 Å². The highest BCUT2D eigenvalue weighted by Gasteiger charge is 2.27. The molecule has 0 unspecified atom stereocenters. The van der Waals surface area contributed by atoms with E-state index in [1.807, 2.05) is 0 Å². The highest BCUT2D eigenvalue weighted by molar-refractivity contribution is 7.86. The fourth-order valence-corrected chi connectivity index (χ4v) is 5.49. The van der Waals surface area contributed by atoms with Gasteiger partial charge in [0.1, 0.15) is 39.9 Å². The topological polar surface area (TPSA) is 427 Å². The highest BCUT2D eigenvalue weighted by Crippen LogP contribution is 2.58. The first-order valence-corrected chi connectivity index (χ1v) is 18.0. The van der Waals surface area contributed by atoms with Crippen molar-refractivity contribution >= 4 is 88.5 Å². The predicted octanol–water partition coefficient (Wildman–Crippen LogP) is 7.64. The summed E-state index contributed by atoms with van der Waals surface area (Å²) in [6, 6.07) is 10.7. The number of phenols is 4. The molecule has 28 heteroatoms. The molecule has 0 aliphatic rings. The number of rotatable bonds is 12. The zero-order chi connectivity index (χ0) is 42.7. The van der Waals surface area contributed by atoms with E-state index in [9.17, 15) is 66.6 Å². The second-order valence-electron chi connectivity index (χ2n) is 11.1. The number of nitrogens with two attached hydrogens (primary N) is 2. The Morgan fingerprint density at radius 3 is 1.36 bits per heavy atom. The molecular weight excluding hydrogens is 817 g/mol. The Hall–Kier alpha value is -8.08. The van der Waals surface area contributed by atoms with Crippen LogP contribution in [-0.2, 0) is 20.2 Å². The summed E-state index contributed by atoms with van der Waals surface area (Å²) in [6.45, 7) is 0. The molecule has 0 aromatic heterocycles. The number of nitrogens with zero attached hydrogens (tertiary/aromatic N) is 10. The van der Waals surface area contributed by atoms with Crippen molar-refractivity contribution in [1.29, 1.82) is 0 Å². The first-order valence-electron chi connectivity index (χ1n) is 15.1. The van der Waals surface area contributed by atoms with Crippen LogP contribution in [0.4, 0.5) is 68.2 Å². The minimum absolute atomic E-state index is 0.180. The summed E-state index contributed by atoms with van der Waals surface area (Å²) in [5.74, 6) is -3.79. The van der Waals surface area contributed by atoms with E-state index in [0.717, 1.165) is 60.7 Å². The van der Waals surface area contributed by atoms with Gasteiger partial charge in [-0.25, -0.2) is 0 Å². The number of phenolic OH excluding ortho intramolecular Hbond substituents is 4. The molecule has 0 spiro atoms. The quantitative estimate of drug-likeness (QED) is 0.0196. The Morgan fingerprint density at radius 2 is 0.914 bits per heavy atom. The zero-order valence-electron chi connectivity index (χ0n) is 28.3. The van der Waals surface area contributed by atoms with Crippen molar-refractivity contribution in [2.75, 3.05) is 11.5 Å². The SMILES string of the molecule is Nc1cc(N=Nc2c(O)c(N=Nc3cc(S(=O)(=O)O)ccc3O)c(N=Nc3ccc(N)c([N+](=O)[O-])c3)c(N=Nc3cc(S(=O)(=O)O)ccc3O)c2O)ccc1[N+](=O)[O-]. The van der Waals surface area contributed by atoms with Crippen LogP contribution in [0.2, 0.25) is 0 Å². The third-order valence-corrected chi connectivity index (χ3v) is 9.00. The molecule has 0 bridgehead atoms. The van der Waals surface area contributed by atoms with Crippen LogP contribution in [0, 0.1) is 20.2 Å². The van der Waals surface area contributed by atoms with E-state index in [2.05, 4.69) is 40.9 Å². The van der Waals surface area contributed by atoms with E-state index in [1.165, 1.54) is 0 Å². The molecule has 5 aromatic rings. The Bertz CT molecular complexity index is 2770. The van der Waals surface area contributed by atoms with Crippen molar-refractivity contribution in [1.82, 2.24) is 0 Å². The Morgan fingerprint density at radius 1 is 0.483 bits per heavy atom. The van der Waals surface area contributed by atoms with Gasteiger partial charge in [-0.05, 0) is 60.7 Å². The predicted molar refractivity (Wildman–Crippen MR) is 197 cm³/mol. The lowest BCUT2D eigenvalue weighted by Crippen LogP contribution is -1.96. The lowest BCUT2D eigenvalue weighted by molar-refractivity contribution is -0.384. The van der Waals surface area contributed by atoms with E-state index in [0.29, 0.717) is 12.1 Å². The van der Waals surface area contributed by atoms with Crippen LogP contribution in [0.15, 0.2) is 124 Å². The third kappa shape index (κ3) is 9.06. The van der Waals surface area contributed by atoms with Gasteiger partial charge in [0.25, 0.3) is 31.6 Å². The van der Waals surface area contributed by atoms with Crippen LogP contribution in [-0.4, -0.2) is 56.2 Å². The molecular formula is C30H22N12O14S2. The van der Waals surface area contributed by atoms with Gasteiger partial charge in [0.2, 0.25) is 0 Å². The molecule has 5 rings (SSSR count). The van der Waals surface area contributed by atoms with Gasteiger partial charge in [-0.15, -0.1) is 30.7 Å². The van der Waals surface area contributed by atoms with E-state index in [-0.39, 0.29) is 22.7 Å². The van der Waals surface area contributed by atoms with Crippen molar-refractivity contribution in [2.45, 2.75) is 9.79 Å². The summed E-state index contributed by atoms with van der Waals surface area (Å²) in [5.41, 5.74) is 4.28. The molecule has 0 atom stereocenters. The van der Waals surface area contributed by atoms with E-state index >= 15 is 0 Å². The highest BCUT2D eigenvalue weighted by atomic mass is 32.2. The standard InChI is InChI=1S/C30H22N12O14S2/c31-17-5-1-14(10-22(17)42(49)50)34-37-25-26(38-35-19-11-15(57(51,52)53)3-7-23(19)43)29(45)28(40-33-13-2-6-21(41(47)48)18(32)9-13)30(46)27(25)39-36-20-12-16(58(54,55)56)4-8-24(20)44/h1-12,43-46H,31-32H2,(H,51,52,53)(H,54,55,56). The average molecular weight is 839 g/mol. The minimum atomic E-state index is -4.87. The van der Waals surface area contributed by atoms with E-state index in [4.69, 9.17) is 11.5 Å². The Labute approximate surface area is 322 Å². The first kappa shape index (κ1) is 41.1. The molecule has 0 fully saturated rings. The molecule has 298 valence electrons. The molecule has 0 radical (unpaired) electrons. The smallest absolute Gasteiger partial charge is 0.294 e. The summed E-state index contributed by atoms with van der Waals surface area (Å²) in [5, 5.41) is 96.7. The molecule has 0 aliphatic heterocycles. The molecule has 0 saturated heterocycles. The van der Waals surface area contributed by atoms with Crippen molar-refractivity contribution in [3.63, 3.8) is 0 Å². The largest absolute Gasteiger partial charge is 0.506 e. The maximum absolute atomic E-state index is 11.8. The van der Waals surface area contributed by atoms with Gasteiger partial charge in [0, 0.05) is 12.1 Å². The van der Waals surface area contributed by atoms with Gasteiger partial charge >= 0.3 is 0 Å². The first-order chi connectivity index (χ1) is 27.1. The maximum atomic E-state index is 11.8. The lowest BCUT2D eigenvalue weighted by Gasteiger charge is -2.11. The van der Waals surface area contributed by atoms with Gasteiger partial charge in [-0.3, -0.25) is 29.3 Å². The van der Waals surface area contributed by atoms with Crippen LogP contribution in [0.1, 0.15) is 0 Å². The van der Waals surface area contributed by atoms with Crippen LogP contribution in [0.5, 0.6) is 23.0 Å².